The molecule has 1 aliphatic rings. The van der Waals surface area contributed by atoms with Crippen molar-refractivity contribution in [3.05, 3.63) is 0 Å². The van der Waals surface area contributed by atoms with Gasteiger partial charge in [-0.1, -0.05) is 45.6 Å². The van der Waals surface area contributed by atoms with Gasteiger partial charge in [0.05, 0.1) is 0 Å². The third-order valence-corrected chi connectivity index (χ3v) is 3.63. The van der Waals surface area contributed by atoms with E-state index in [1.807, 2.05) is 11.9 Å². The van der Waals surface area contributed by atoms with Crippen molar-refractivity contribution in [3.63, 3.8) is 0 Å². The van der Waals surface area contributed by atoms with Crippen molar-refractivity contribution >= 4 is 11.9 Å². The minimum absolute atomic E-state index is 0.711. The van der Waals surface area contributed by atoms with Gasteiger partial charge < -0.3 is 0 Å². The summed E-state index contributed by atoms with van der Waals surface area (Å²) in [6.07, 6.45) is 5.76. The number of hydrogen-bond acceptors (Lipinski definition) is 2. The van der Waals surface area contributed by atoms with Gasteiger partial charge in [-0.25, -0.2) is 0 Å². The lowest BCUT2D eigenvalue weighted by atomic mass is 9.83. The van der Waals surface area contributed by atoms with Gasteiger partial charge in [0.1, 0.15) is 0 Å². The largest absolute Gasteiger partial charge is 0.264 e. The molecule has 1 nitrogen and oxygen atoms in total. The van der Waals surface area contributed by atoms with Crippen molar-refractivity contribution in [2.45, 2.75) is 51.7 Å². The zero-order valence-corrected chi connectivity index (χ0v) is 9.99. The third kappa shape index (κ3) is 4.92. The predicted molar refractivity (Wildman–Crippen MR) is 61.9 cm³/mol. The van der Waals surface area contributed by atoms with Crippen LogP contribution in [0.25, 0.3) is 0 Å². The summed E-state index contributed by atoms with van der Waals surface area (Å²) in [5.41, 5.74) is 0. The monoisotopic (exact) mass is 201 g/mol. The van der Waals surface area contributed by atoms with Crippen molar-refractivity contribution in [2.75, 3.05) is 6.54 Å². The Kier molecular flexibility index (Phi) is 5.18. The van der Waals surface area contributed by atoms with E-state index in [0.717, 1.165) is 11.8 Å². The SMILES string of the molecule is CC1CCC(CNSC(C)C)CC1. The quantitative estimate of drug-likeness (QED) is 0.699. The van der Waals surface area contributed by atoms with E-state index in [1.165, 1.54) is 32.2 Å². The van der Waals surface area contributed by atoms with Crippen LogP contribution in [-0.4, -0.2) is 11.8 Å². The molecule has 78 valence electrons. The number of nitrogens with one attached hydrogen (secondary N) is 1. The maximum absolute atomic E-state index is 3.49. The molecule has 0 spiro atoms. The summed E-state index contributed by atoms with van der Waals surface area (Å²) in [5, 5.41) is 0.711. The summed E-state index contributed by atoms with van der Waals surface area (Å²) in [7, 11) is 0. The van der Waals surface area contributed by atoms with Gasteiger partial charge in [0.2, 0.25) is 0 Å². The van der Waals surface area contributed by atoms with Crippen LogP contribution in [0.3, 0.4) is 0 Å². The molecule has 13 heavy (non-hydrogen) atoms. The summed E-state index contributed by atoms with van der Waals surface area (Å²) < 4.78 is 3.49. The molecule has 1 fully saturated rings. The summed E-state index contributed by atoms with van der Waals surface area (Å²) in [6.45, 7) is 8.07. The molecule has 0 atom stereocenters. The zero-order valence-electron chi connectivity index (χ0n) is 9.18. The molecule has 0 amide bonds. The summed E-state index contributed by atoms with van der Waals surface area (Å²) in [4.78, 5) is 0. The van der Waals surface area contributed by atoms with E-state index < -0.39 is 0 Å². The molecule has 1 N–H and O–H groups in total. The van der Waals surface area contributed by atoms with Gasteiger partial charge in [-0.2, -0.15) is 0 Å². The first-order chi connectivity index (χ1) is 6.18. The Labute approximate surface area is 87.2 Å². The number of rotatable bonds is 4. The lowest BCUT2D eigenvalue weighted by Gasteiger charge is -2.26. The van der Waals surface area contributed by atoms with E-state index in [0.29, 0.717) is 5.25 Å². The molecule has 0 aromatic carbocycles. The Morgan fingerprint density at radius 3 is 2.38 bits per heavy atom. The van der Waals surface area contributed by atoms with Crippen LogP contribution < -0.4 is 4.72 Å². The minimum atomic E-state index is 0.711. The highest BCUT2D eigenvalue weighted by Crippen LogP contribution is 2.28. The van der Waals surface area contributed by atoms with E-state index in [9.17, 15) is 0 Å². The Morgan fingerprint density at radius 1 is 1.23 bits per heavy atom. The van der Waals surface area contributed by atoms with Gasteiger partial charge in [0.25, 0.3) is 0 Å². The molecule has 1 rings (SSSR count). The highest BCUT2D eigenvalue weighted by Gasteiger charge is 2.17. The molecule has 0 saturated heterocycles. The van der Waals surface area contributed by atoms with Crippen LogP contribution in [-0.2, 0) is 0 Å². The first-order valence-electron chi connectivity index (χ1n) is 5.57. The fraction of sp³-hybridized carbons (Fsp3) is 1.00. The van der Waals surface area contributed by atoms with Crippen molar-refractivity contribution < 1.29 is 0 Å². The second-order valence-electron chi connectivity index (χ2n) is 4.64. The van der Waals surface area contributed by atoms with Gasteiger partial charge in [-0.3, -0.25) is 4.72 Å². The summed E-state index contributed by atoms with van der Waals surface area (Å²) in [6, 6.07) is 0. The highest BCUT2D eigenvalue weighted by atomic mass is 32.2. The molecule has 0 aromatic rings. The molecule has 0 bridgehead atoms. The van der Waals surface area contributed by atoms with Crippen molar-refractivity contribution in [1.29, 1.82) is 0 Å². The average molecular weight is 201 g/mol. The van der Waals surface area contributed by atoms with Gasteiger partial charge in [0.15, 0.2) is 0 Å². The van der Waals surface area contributed by atoms with Crippen LogP contribution in [0.4, 0.5) is 0 Å². The summed E-state index contributed by atoms with van der Waals surface area (Å²) >= 11 is 1.88. The first kappa shape index (κ1) is 11.4. The molecule has 0 aromatic heterocycles. The van der Waals surface area contributed by atoms with Crippen molar-refractivity contribution in [2.24, 2.45) is 11.8 Å². The smallest absolute Gasteiger partial charge is 0.0136 e. The van der Waals surface area contributed by atoms with Crippen LogP contribution in [0.1, 0.15) is 46.5 Å². The van der Waals surface area contributed by atoms with E-state index in [-0.39, 0.29) is 0 Å². The lowest BCUT2D eigenvalue weighted by molar-refractivity contribution is 0.292. The summed E-state index contributed by atoms with van der Waals surface area (Å²) in [5.74, 6) is 1.93. The van der Waals surface area contributed by atoms with Gasteiger partial charge >= 0.3 is 0 Å². The van der Waals surface area contributed by atoms with E-state index >= 15 is 0 Å². The van der Waals surface area contributed by atoms with E-state index in [1.54, 1.807) is 0 Å². The molecule has 1 aliphatic carbocycles. The second kappa shape index (κ2) is 5.92. The normalized spacial score (nSPS) is 29.5. The van der Waals surface area contributed by atoms with Crippen LogP contribution >= 0.6 is 11.9 Å². The van der Waals surface area contributed by atoms with Crippen LogP contribution in [0.15, 0.2) is 0 Å². The maximum atomic E-state index is 3.49. The topological polar surface area (TPSA) is 12.0 Å². The lowest BCUT2D eigenvalue weighted by Crippen LogP contribution is -2.22. The maximum Gasteiger partial charge on any atom is 0.0136 e. The minimum Gasteiger partial charge on any atom is -0.264 e. The van der Waals surface area contributed by atoms with Crippen molar-refractivity contribution in [3.8, 4) is 0 Å². The van der Waals surface area contributed by atoms with Gasteiger partial charge in [0, 0.05) is 11.8 Å². The highest BCUT2D eigenvalue weighted by molar-refractivity contribution is 7.97. The Bertz CT molecular complexity index is 128. The molecule has 2 heteroatoms. The Hall–Kier alpha value is 0.310. The molecule has 0 aliphatic heterocycles. The predicted octanol–water partition coefficient (Wildman–Crippen LogP) is 3.46. The molecule has 0 heterocycles. The molecule has 0 unspecified atom stereocenters. The fourth-order valence-corrected chi connectivity index (χ4v) is 2.53. The molecule has 0 radical (unpaired) electrons. The van der Waals surface area contributed by atoms with Gasteiger partial charge in [-0.05, 0) is 24.7 Å². The van der Waals surface area contributed by atoms with Crippen LogP contribution in [0, 0.1) is 11.8 Å². The zero-order chi connectivity index (χ0) is 9.68. The van der Waals surface area contributed by atoms with E-state index in [4.69, 9.17) is 0 Å². The average Bonchev–Trinajstić information content (AvgIpc) is 2.08. The third-order valence-electron chi connectivity index (χ3n) is 2.83. The van der Waals surface area contributed by atoms with E-state index in [2.05, 4.69) is 25.5 Å². The Morgan fingerprint density at radius 2 is 1.85 bits per heavy atom. The van der Waals surface area contributed by atoms with Crippen molar-refractivity contribution in [1.82, 2.24) is 4.72 Å². The second-order valence-corrected chi connectivity index (χ2v) is 6.11. The molecular weight excluding hydrogens is 178 g/mol. The van der Waals surface area contributed by atoms with Crippen LogP contribution in [0.5, 0.6) is 0 Å². The fourth-order valence-electron chi connectivity index (χ4n) is 1.87. The molecule has 1 saturated carbocycles. The Balaban J connectivity index is 2.02. The molecular formula is C11H23NS. The first-order valence-corrected chi connectivity index (χ1v) is 6.45. The number of hydrogen-bond donors (Lipinski definition) is 1. The standard InChI is InChI=1S/C11H23NS/c1-9(2)13-12-8-11-6-4-10(3)5-7-11/h9-12H,4-8H2,1-3H3. The van der Waals surface area contributed by atoms with Gasteiger partial charge in [-0.15, -0.1) is 0 Å². The van der Waals surface area contributed by atoms with Crippen LogP contribution in [0.2, 0.25) is 0 Å².